The molecule has 4 aliphatic carbocycles. The van der Waals surface area contributed by atoms with Crippen molar-refractivity contribution in [3.8, 4) is 0 Å². The molecule has 6 rings (SSSR count). The summed E-state index contributed by atoms with van der Waals surface area (Å²) < 4.78 is 27.7. The molecule has 0 aromatic heterocycles. The van der Waals surface area contributed by atoms with Gasteiger partial charge in [-0.05, 0) is 99.6 Å². The van der Waals surface area contributed by atoms with Gasteiger partial charge in [-0.25, -0.2) is 8.42 Å². The average Bonchev–Trinajstić information content (AvgIpc) is 2.67. The number of hydrogen-bond donors (Lipinski definition) is 2. The number of sulfonamides is 1. The summed E-state index contributed by atoms with van der Waals surface area (Å²) >= 11 is 0. The van der Waals surface area contributed by atoms with Crippen LogP contribution in [0.1, 0.15) is 54.4 Å². The van der Waals surface area contributed by atoms with Crippen LogP contribution in [0.5, 0.6) is 0 Å². The fourth-order valence-corrected chi connectivity index (χ4v) is 7.26. The smallest absolute Gasteiger partial charge is 0.261 e. The van der Waals surface area contributed by atoms with Crippen LogP contribution >= 0.6 is 0 Å². The highest BCUT2D eigenvalue weighted by Gasteiger charge is 2.51. The third-order valence-electron chi connectivity index (χ3n) is 7.15. The number of nitrogens with one attached hydrogen (secondary N) is 2. The van der Waals surface area contributed by atoms with Gasteiger partial charge in [0.1, 0.15) is 0 Å². The Morgan fingerprint density at radius 3 is 1.93 bits per heavy atom. The number of anilines is 1. The Morgan fingerprint density at radius 2 is 1.40 bits per heavy atom. The molecular weight excluding hydrogens is 396 g/mol. The average molecular weight is 425 g/mol. The molecule has 5 nitrogen and oxygen atoms in total. The minimum Gasteiger partial charge on any atom is -0.347 e. The maximum atomic E-state index is 12.9. The number of carbonyl (C=O) groups excluding carboxylic acids is 1. The summed E-state index contributed by atoms with van der Waals surface area (Å²) in [7, 11) is -3.65. The quantitative estimate of drug-likeness (QED) is 0.742. The molecule has 2 aromatic rings. The van der Waals surface area contributed by atoms with Gasteiger partial charge in [-0.15, -0.1) is 0 Å². The summed E-state index contributed by atoms with van der Waals surface area (Å²) in [4.78, 5) is 13.1. The Hall–Kier alpha value is -2.34. The summed E-state index contributed by atoms with van der Waals surface area (Å²) in [6.07, 6.45) is 7.35. The van der Waals surface area contributed by atoms with E-state index in [0.29, 0.717) is 11.3 Å². The van der Waals surface area contributed by atoms with E-state index >= 15 is 0 Å². The van der Waals surface area contributed by atoms with E-state index in [0.717, 1.165) is 42.6 Å². The Labute approximate surface area is 178 Å². The molecule has 4 fully saturated rings. The fourth-order valence-electron chi connectivity index (χ4n) is 6.20. The van der Waals surface area contributed by atoms with E-state index < -0.39 is 10.0 Å². The maximum absolute atomic E-state index is 12.9. The van der Waals surface area contributed by atoms with E-state index in [4.69, 9.17) is 0 Å². The molecule has 0 saturated heterocycles. The second-order valence-corrected chi connectivity index (χ2v) is 11.3. The first-order valence-corrected chi connectivity index (χ1v) is 12.3. The zero-order chi connectivity index (χ0) is 20.9. The highest BCUT2D eigenvalue weighted by Crippen LogP contribution is 2.55. The first-order valence-electron chi connectivity index (χ1n) is 10.8. The van der Waals surface area contributed by atoms with Gasteiger partial charge in [-0.1, -0.05) is 17.7 Å². The van der Waals surface area contributed by atoms with E-state index in [1.807, 2.05) is 6.92 Å². The second-order valence-electron chi connectivity index (χ2n) is 9.65. The lowest BCUT2D eigenvalue weighted by atomic mass is 9.53. The standard InChI is InChI=1S/C24H28N2O3S/c1-16-2-8-22(9-3-16)30(28,29)26-21-6-4-20(5-7-21)23(27)25-24-13-17-10-18(14-24)12-19(11-17)15-24/h2-9,17-19,26H,10-15H2,1H3,(H,25,27). The molecule has 0 unspecified atom stereocenters. The largest absolute Gasteiger partial charge is 0.347 e. The molecule has 0 aliphatic heterocycles. The topological polar surface area (TPSA) is 75.3 Å². The molecule has 6 heteroatoms. The lowest BCUT2D eigenvalue weighted by Gasteiger charge is -2.56. The summed E-state index contributed by atoms with van der Waals surface area (Å²) in [5.41, 5.74) is 1.99. The van der Waals surface area contributed by atoms with E-state index in [1.165, 1.54) is 19.3 Å². The summed E-state index contributed by atoms with van der Waals surface area (Å²) in [6.45, 7) is 1.91. The lowest BCUT2D eigenvalue weighted by molar-refractivity contribution is -0.0167. The van der Waals surface area contributed by atoms with E-state index in [9.17, 15) is 13.2 Å². The first-order chi connectivity index (χ1) is 14.3. The van der Waals surface area contributed by atoms with Crippen LogP contribution in [0.2, 0.25) is 0 Å². The highest BCUT2D eigenvalue weighted by atomic mass is 32.2. The fraction of sp³-hybridized carbons (Fsp3) is 0.458. The minimum atomic E-state index is -3.65. The molecule has 0 atom stereocenters. The Balaban J connectivity index is 1.27. The van der Waals surface area contributed by atoms with Crippen molar-refractivity contribution in [1.82, 2.24) is 5.32 Å². The molecule has 2 N–H and O–H groups in total. The van der Waals surface area contributed by atoms with Gasteiger partial charge in [0.05, 0.1) is 4.90 Å². The van der Waals surface area contributed by atoms with Gasteiger partial charge in [0.15, 0.2) is 0 Å². The van der Waals surface area contributed by atoms with Crippen molar-refractivity contribution in [3.05, 3.63) is 59.7 Å². The predicted molar refractivity (Wildman–Crippen MR) is 117 cm³/mol. The number of rotatable bonds is 5. The summed E-state index contributed by atoms with van der Waals surface area (Å²) in [5, 5.41) is 3.36. The third kappa shape index (κ3) is 3.73. The van der Waals surface area contributed by atoms with Crippen LogP contribution in [0.4, 0.5) is 5.69 Å². The Kier molecular flexibility index (Phi) is 4.65. The number of benzene rings is 2. The molecule has 0 heterocycles. The van der Waals surface area contributed by atoms with Crippen LogP contribution in [0.15, 0.2) is 53.4 Å². The molecule has 158 valence electrons. The number of aryl methyl sites for hydroxylation is 1. The normalized spacial score (nSPS) is 29.6. The van der Waals surface area contributed by atoms with Gasteiger partial charge >= 0.3 is 0 Å². The zero-order valence-corrected chi connectivity index (χ0v) is 18.0. The van der Waals surface area contributed by atoms with E-state index in [-0.39, 0.29) is 16.3 Å². The number of hydrogen-bond acceptors (Lipinski definition) is 3. The van der Waals surface area contributed by atoms with Crippen molar-refractivity contribution in [2.24, 2.45) is 17.8 Å². The molecule has 30 heavy (non-hydrogen) atoms. The molecule has 2 aromatic carbocycles. The van der Waals surface area contributed by atoms with Crippen molar-refractivity contribution in [2.45, 2.75) is 55.9 Å². The van der Waals surface area contributed by atoms with E-state index in [2.05, 4.69) is 10.0 Å². The summed E-state index contributed by atoms with van der Waals surface area (Å²) in [6, 6.07) is 13.4. The van der Waals surface area contributed by atoms with Crippen LogP contribution in [-0.4, -0.2) is 19.9 Å². The van der Waals surface area contributed by atoms with Gasteiger partial charge in [0.25, 0.3) is 15.9 Å². The highest BCUT2D eigenvalue weighted by molar-refractivity contribution is 7.92. The van der Waals surface area contributed by atoms with Crippen LogP contribution in [-0.2, 0) is 10.0 Å². The zero-order valence-electron chi connectivity index (χ0n) is 17.2. The maximum Gasteiger partial charge on any atom is 0.261 e. The van der Waals surface area contributed by atoms with Gasteiger partial charge in [-0.3, -0.25) is 9.52 Å². The molecule has 4 aliphatic rings. The van der Waals surface area contributed by atoms with Gasteiger partial charge in [0.2, 0.25) is 0 Å². The van der Waals surface area contributed by atoms with E-state index in [1.54, 1.807) is 48.5 Å². The van der Waals surface area contributed by atoms with Gasteiger partial charge in [-0.2, -0.15) is 0 Å². The lowest BCUT2D eigenvalue weighted by Crippen LogP contribution is -2.59. The van der Waals surface area contributed by atoms with Crippen molar-refractivity contribution in [2.75, 3.05) is 4.72 Å². The van der Waals surface area contributed by atoms with Crippen molar-refractivity contribution < 1.29 is 13.2 Å². The first kappa shape index (κ1) is 19.6. The SMILES string of the molecule is Cc1ccc(S(=O)(=O)Nc2ccc(C(=O)NC34CC5CC(CC(C5)C3)C4)cc2)cc1. The Morgan fingerprint density at radius 1 is 0.867 bits per heavy atom. The van der Waals surface area contributed by atoms with Gasteiger partial charge < -0.3 is 5.32 Å². The van der Waals surface area contributed by atoms with Crippen LogP contribution in [0.25, 0.3) is 0 Å². The third-order valence-corrected chi connectivity index (χ3v) is 8.54. The number of carbonyl (C=O) groups is 1. The number of amides is 1. The molecule has 4 bridgehead atoms. The molecule has 4 saturated carbocycles. The van der Waals surface area contributed by atoms with Gasteiger partial charge in [0, 0.05) is 16.8 Å². The molecule has 1 amide bonds. The van der Waals surface area contributed by atoms with Crippen molar-refractivity contribution in [3.63, 3.8) is 0 Å². The molecule has 0 spiro atoms. The second kappa shape index (κ2) is 7.12. The Bertz CT molecular complexity index is 1020. The van der Waals surface area contributed by atoms with Crippen molar-refractivity contribution >= 4 is 21.6 Å². The monoisotopic (exact) mass is 424 g/mol. The predicted octanol–water partition coefficient (Wildman–Crippen LogP) is 4.49. The molecule has 0 radical (unpaired) electrons. The van der Waals surface area contributed by atoms with Crippen molar-refractivity contribution in [1.29, 1.82) is 0 Å². The van der Waals surface area contributed by atoms with Crippen LogP contribution in [0.3, 0.4) is 0 Å². The summed E-state index contributed by atoms with van der Waals surface area (Å²) in [5.74, 6) is 2.27. The van der Waals surface area contributed by atoms with Crippen LogP contribution < -0.4 is 10.0 Å². The minimum absolute atomic E-state index is 0.0302. The molecular formula is C24H28N2O3S. The van der Waals surface area contributed by atoms with Crippen LogP contribution in [0, 0.1) is 24.7 Å².